The van der Waals surface area contributed by atoms with Gasteiger partial charge in [-0.05, 0) is 25.8 Å². The van der Waals surface area contributed by atoms with Crippen molar-refractivity contribution < 1.29 is 14.7 Å². The van der Waals surface area contributed by atoms with Crippen molar-refractivity contribution in [2.45, 2.75) is 31.7 Å². The summed E-state index contributed by atoms with van der Waals surface area (Å²) in [6, 6.07) is -0.244. The van der Waals surface area contributed by atoms with Gasteiger partial charge >= 0.3 is 0 Å². The minimum Gasteiger partial charge on any atom is -0.396 e. The first-order valence-corrected chi connectivity index (χ1v) is 4.92. The molecule has 5 heteroatoms. The Hall–Kier alpha value is -0.940. The molecular formula is C9H16N2O3. The fourth-order valence-corrected chi connectivity index (χ4v) is 1.40. The van der Waals surface area contributed by atoms with Crippen molar-refractivity contribution in [1.82, 2.24) is 10.6 Å². The van der Waals surface area contributed by atoms with Crippen LogP contribution < -0.4 is 10.6 Å². The van der Waals surface area contributed by atoms with Gasteiger partial charge < -0.3 is 10.4 Å². The maximum Gasteiger partial charge on any atom is 0.243 e. The number of carbonyl (C=O) groups is 2. The Balaban J connectivity index is 2.17. The van der Waals surface area contributed by atoms with E-state index in [1.54, 1.807) is 0 Å². The fraction of sp³-hybridized carbons (Fsp3) is 0.778. The van der Waals surface area contributed by atoms with Crippen LogP contribution in [0.4, 0.5) is 0 Å². The maximum absolute atomic E-state index is 11.2. The van der Waals surface area contributed by atoms with Crippen LogP contribution in [0.2, 0.25) is 0 Å². The first-order valence-electron chi connectivity index (χ1n) is 4.92. The molecule has 80 valence electrons. The van der Waals surface area contributed by atoms with Gasteiger partial charge in [0.25, 0.3) is 0 Å². The molecule has 1 heterocycles. The van der Waals surface area contributed by atoms with E-state index in [0.29, 0.717) is 19.4 Å². The second-order valence-corrected chi connectivity index (χ2v) is 3.39. The molecule has 14 heavy (non-hydrogen) atoms. The molecule has 1 fully saturated rings. The van der Waals surface area contributed by atoms with Gasteiger partial charge in [-0.1, -0.05) is 0 Å². The average molecular weight is 200 g/mol. The van der Waals surface area contributed by atoms with Crippen molar-refractivity contribution in [3.05, 3.63) is 0 Å². The van der Waals surface area contributed by atoms with Crippen LogP contribution in [0.3, 0.4) is 0 Å². The standard InChI is InChI=1S/C9H16N2O3/c12-6-2-1-5-10-7-3-4-8(13)11-9(7)14/h7,10,12H,1-6H2,(H,11,13,14). The number of aliphatic hydroxyl groups is 1. The quantitative estimate of drug-likeness (QED) is 0.399. The zero-order valence-electron chi connectivity index (χ0n) is 8.08. The molecule has 0 spiro atoms. The predicted octanol–water partition coefficient (Wildman–Crippen LogP) is -0.846. The highest BCUT2D eigenvalue weighted by atomic mass is 16.3. The first-order chi connectivity index (χ1) is 6.74. The summed E-state index contributed by atoms with van der Waals surface area (Å²) in [6.07, 6.45) is 2.56. The second-order valence-electron chi connectivity index (χ2n) is 3.39. The van der Waals surface area contributed by atoms with Crippen molar-refractivity contribution in [1.29, 1.82) is 0 Å². The molecule has 5 nitrogen and oxygen atoms in total. The van der Waals surface area contributed by atoms with Crippen LogP contribution in [0.25, 0.3) is 0 Å². The summed E-state index contributed by atoms with van der Waals surface area (Å²) in [5.41, 5.74) is 0. The summed E-state index contributed by atoms with van der Waals surface area (Å²) in [6.45, 7) is 0.879. The van der Waals surface area contributed by atoms with E-state index in [9.17, 15) is 9.59 Å². The zero-order chi connectivity index (χ0) is 10.4. The molecular weight excluding hydrogens is 184 g/mol. The number of hydrogen-bond donors (Lipinski definition) is 3. The molecule has 3 N–H and O–H groups in total. The summed E-state index contributed by atoms with van der Waals surface area (Å²) in [5.74, 6) is -0.423. The molecule has 0 aromatic rings. The van der Waals surface area contributed by atoms with Gasteiger partial charge in [0.2, 0.25) is 11.8 Å². The monoisotopic (exact) mass is 200 g/mol. The minimum absolute atomic E-state index is 0.178. The normalized spacial score (nSPS) is 22.2. The van der Waals surface area contributed by atoms with E-state index in [0.717, 1.165) is 12.8 Å². The average Bonchev–Trinajstić information content (AvgIpc) is 2.15. The topological polar surface area (TPSA) is 78.4 Å². The molecule has 0 bridgehead atoms. The van der Waals surface area contributed by atoms with Gasteiger partial charge in [0.15, 0.2) is 0 Å². The smallest absolute Gasteiger partial charge is 0.243 e. The highest BCUT2D eigenvalue weighted by molar-refractivity contribution is 6.00. The number of aliphatic hydroxyl groups excluding tert-OH is 1. The summed E-state index contributed by atoms with van der Waals surface area (Å²) in [4.78, 5) is 22.0. The lowest BCUT2D eigenvalue weighted by molar-refractivity contribution is -0.134. The number of rotatable bonds is 5. The number of unbranched alkanes of at least 4 members (excludes halogenated alkanes) is 1. The maximum atomic E-state index is 11.2. The van der Waals surface area contributed by atoms with Crippen molar-refractivity contribution in [3.8, 4) is 0 Å². The molecule has 1 aliphatic heterocycles. The molecule has 0 aromatic heterocycles. The number of amides is 2. The van der Waals surface area contributed by atoms with Crippen LogP contribution in [0, 0.1) is 0 Å². The highest BCUT2D eigenvalue weighted by Gasteiger charge is 2.25. The number of hydrogen-bond acceptors (Lipinski definition) is 4. The molecule has 0 saturated carbocycles. The minimum atomic E-state index is -0.244. The van der Waals surface area contributed by atoms with Crippen LogP contribution in [0.5, 0.6) is 0 Å². The lowest BCUT2D eigenvalue weighted by atomic mass is 10.1. The Kier molecular flexibility index (Phi) is 4.55. The Morgan fingerprint density at radius 1 is 1.43 bits per heavy atom. The van der Waals surface area contributed by atoms with E-state index >= 15 is 0 Å². The first kappa shape index (κ1) is 11.1. The lowest BCUT2D eigenvalue weighted by Gasteiger charge is -2.21. The van der Waals surface area contributed by atoms with Crippen LogP contribution >= 0.6 is 0 Å². The highest BCUT2D eigenvalue weighted by Crippen LogP contribution is 2.04. The molecule has 2 amide bonds. The molecule has 0 radical (unpaired) electrons. The molecule has 1 atom stereocenters. The van der Waals surface area contributed by atoms with Crippen molar-refractivity contribution in [2.24, 2.45) is 0 Å². The van der Waals surface area contributed by atoms with Gasteiger partial charge in [-0.15, -0.1) is 0 Å². The number of nitrogens with one attached hydrogen (secondary N) is 2. The SMILES string of the molecule is O=C1CCC(NCCCCO)C(=O)N1. The lowest BCUT2D eigenvalue weighted by Crippen LogP contribution is -2.50. The van der Waals surface area contributed by atoms with Crippen molar-refractivity contribution in [3.63, 3.8) is 0 Å². The summed E-state index contributed by atoms with van der Waals surface area (Å²) < 4.78 is 0. The van der Waals surface area contributed by atoms with Crippen LogP contribution in [0.15, 0.2) is 0 Å². The number of piperidine rings is 1. The van der Waals surface area contributed by atoms with Gasteiger partial charge in [0, 0.05) is 13.0 Å². The van der Waals surface area contributed by atoms with Gasteiger partial charge in [-0.3, -0.25) is 14.9 Å². The van der Waals surface area contributed by atoms with E-state index in [1.165, 1.54) is 0 Å². The molecule has 1 saturated heterocycles. The van der Waals surface area contributed by atoms with Gasteiger partial charge in [-0.2, -0.15) is 0 Å². The van der Waals surface area contributed by atoms with Gasteiger partial charge in [0.05, 0.1) is 6.04 Å². The van der Waals surface area contributed by atoms with E-state index in [2.05, 4.69) is 10.6 Å². The zero-order valence-corrected chi connectivity index (χ0v) is 8.08. The molecule has 1 rings (SSSR count). The van der Waals surface area contributed by atoms with E-state index < -0.39 is 0 Å². The Morgan fingerprint density at radius 2 is 2.21 bits per heavy atom. The third-order valence-corrected chi connectivity index (χ3v) is 2.21. The van der Waals surface area contributed by atoms with Crippen LogP contribution in [-0.2, 0) is 9.59 Å². The Bertz CT molecular complexity index is 218. The number of imide groups is 1. The van der Waals surface area contributed by atoms with Gasteiger partial charge in [-0.25, -0.2) is 0 Å². The van der Waals surface area contributed by atoms with Crippen molar-refractivity contribution in [2.75, 3.05) is 13.2 Å². The molecule has 1 unspecified atom stereocenters. The van der Waals surface area contributed by atoms with Crippen molar-refractivity contribution >= 4 is 11.8 Å². The molecule has 0 aromatic carbocycles. The van der Waals surface area contributed by atoms with Gasteiger partial charge in [0.1, 0.15) is 0 Å². The second kappa shape index (κ2) is 5.72. The van der Waals surface area contributed by atoms with E-state index in [-0.39, 0.29) is 24.5 Å². The largest absolute Gasteiger partial charge is 0.396 e. The molecule has 1 aliphatic rings. The third-order valence-electron chi connectivity index (χ3n) is 2.21. The molecule has 0 aliphatic carbocycles. The van der Waals surface area contributed by atoms with Crippen LogP contribution in [0.1, 0.15) is 25.7 Å². The summed E-state index contributed by atoms with van der Waals surface area (Å²) >= 11 is 0. The van der Waals surface area contributed by atoms with E-state index in [4.69, 9.17) is 5.11 Å². The Labute approximate surface area is 82.9 Å². The number of carbonyl (C=O) groups excluding carboxylic acids is 2. The predicted molar refractivity (Wildman–Crippen MR) is 50.5 cm³/mol. The van der Waals surface area contributed by atoms with E-state index in [1.807, 2.05) is 0 Å². The summed E-state index contributed by atoms with van der Waals surface area (Å²) in [5, 5.41) is 13.9. The fourth-order valence-electron chi connectivity index (χ4n) is 1.40. The Morgan fingerprint density at radius 3 is 2.86 bits per heavy atom. The third kappa shape index (κ3) is 3.43. The summed E-state index contributed by atoms with van der Waals surface area (Å²) in [7, 11) is 0. The van der Waals surface area contributed by atoms with Crippen LogP contribution in [-0.4, -0.2) is 36.1 Å².